The maximum absolute atomic E-state index is 13.9. The highest BCUT2D eigenvalue weighted by Gasteiger charge is 2.29. The predicted octanol–water partition coefficient (Wildman–Crippen LogP) is 2.87. The van der Waals surface area contributed by atoms with Crippen molar-refractivity contribution in [1.82, 2.24) is 10.3 Å². The Morgan fingerprint density at radius 3 is 2.62 bits per heavy atom. The van der Waals surface area contributed by atoms with Crippen molar-refractivity contribution in [2.75, 3.05) is 18.0 Å². The van der Waals surface area contributed by atoms with Gasteiger partial charge in [0.15, 0.2) is 11.6 Å². The van der Waals surface area contributed by atoms with Crippen molar-refractivity contribution in [3.05, 3.63) is 22.6 Å². The van der Waals surface area contributed by atoms with E-state index in [1.807, 2.05) is 4.90 Å². The second-order valence-electron chi connectivity index (χ2n) is 5.86. The molecule has 0 aromatic carbocycles. The number of carbonyl (C=O) groups is 1. The summed E-state index contributed by atoms with van der Waals surface area (Å²) < 4.78 is 14.5. The summed E-state index contributed by atoms with van der Waals surface area (Å²) in [6.45, 7) is 1.35. The molecule has 1 aromatic heterocycles. The van der Waals surface area contributed by atoms with Crippen molar-refractivity contribution in [1.29, 1.82) is 0 Å². The fourth-order valence-corrected chi connectivity index (χ4v) is 3.17. The molecule has 1 N–H and O–H groups in total. The first-order valence-corrected chi connectivity index (χ1v) is 8.29. The van der Waals surface area contributed by atoms with E-state index in [-0.39, 0.29) is 17.6 Å². The molecule has 0 atom stereocenters. The molecule has 1 saturated carbocycles. The van der Waals surface area contributed by atoms with E-state index in [1.54, 1.807) is 6.20 Å². The Hall–Kier alpha value is -1.17. The molecular formula is C15H19BrFN3O. The molecule has 0 radical (unpaired) electrons. The van der Waals surface area contributed by atoms with Gasteiger partial charge < -0.3 is 10.2 Å². The van der Waals surface area contributed by atoms with Gasteiger partial charge in [-0.15, -0.1) is 0 Å². The van der Waals surface area contributed by atoms with Crippen molar-refractivity contribution in [3.63, 3.8) is 0 Å². The van der Waals surface area contributed by atoms with Gasteiger partial charge in [0.2, 0.25) is 5.91 Å². The zero-order valence-corrected chi connectivity index (χ0v) is 13.4. The van der Waals surface area contributed by atoms with Gasteiger partial charge in [-0.2, -0.15) is 0 Å². The van der Waals surface area contributed by atoms with Crippen LogP contribution in [0.5, 0.6) is 0 Å². The molecule has 0 unspecified atom stereocenters. The minimum Gasteiger partial charge on any atom is -0.354 e. The van der Waals surface area contributed by atoms with Gasteiger partial charge in [0, 0.05) is 35.7 Å². The van der Waals surface area contributed by atoms with Gasteiger partial charge in [0.05, 0.1) is 0 Å². The van der Waals surface area contributed by atoms with Crippen molar-refractivity contribution >= 4 is 27.7 Å². The van der Waals surface area contributed by atoms with Crippen LogP contribution >= 0.6 is 15.9 Å². The maximum atomic E-state index is 13.9. The molecule has 3 rings (SSSR count). The van der Waals surface area contributed by atoms with Crippen molar-refractivity contribution < 1.29 is 9.18 Å². The van der Waals surface area contributed by atoms with Crippen LogP contribution in [0.3, 0.4) is 0 Å². The van der Waals surface area contributed by atoms with Crippen molar-refractivity contribution in [2.24, 2.45) is 5.92 Å². The van der Waals surface area contributed by atoms with Crippen LogP contribution < -0.4 is 10.2 Å². The summed E-state index contributed by atoms with van der Waals surface area (Å²) in [5, 5.41) is 3.11. The van der Waals surface area contributed by atoms with Crippen LogP contribution in [0.25, 0.3) is 0 Å². The molecule has 0 bridgehead atoms. The van der Waals surface area contributed by atoms with E-state index in [9.17, 15) is 9.18 Å². The average molecular weight is 356 g/mol. The smallest absolute Gasteiger partial charge is 0.223 e. The third kappa shape index (κ3) is 3.36. The zero-order chi connectivity index (χ0) is 14.8. The van der Waals surface area contributed by atoms with Crippen LogP contribution in [0.15, 0.2) is 16.7 Å². The fraction of sp³-hybridized carbons (Fsp3) is 0.600. The van der Waals surface area contributed by atoms with Crippen LogP contribution in [-0.4, -0.2) is 30.0 Å². The molecule has 1 aliphatic heterocycles. The first kappa shape index (κ1) is 14.8. The highest BCUT2D eigenvalue weighted by molar-refractivity contribution is 9.10. The number of hydrogen-bond acceptors (Lipinski definition) is 3. The van der Waals surface area contributed by atoms with Crippen molar-refractivity contribution in [2.45, 2.75) is 38.1 Å². The summed E-state index contributed by atoms with van der Waals surface area (Å²) in [5.74, 6) is 0.293. The third-order valence-electron chi connectivity index (χ3n) is 4.41. The molecule has 1 aromatic rings. The molecule has 2 aliphatic rings. The summed E-state index contributed by atoms with van der Waals surface area (Å²) in [6, 6.07) is 1.82. The number of nitrogens with one attached hydrogen (secondary N) is 1. The second-order valence-corrected chi connectivity index (χ2v) is 6.77. The summed E-state index contributed by atoms with van der Waals surface area (Å²) in [5.41, 5.74) is 0. The Balaban J connectivity index is 1.55. The van der Waals surface area contributed by atoms with E-state index >= 15 is 0 Å². The fourth-order valence-electron chi connectivity index (χ4n) is 2.87. The standard InChI is InChI=1S/C15H19BrFN3O/c16-11-8-13(17)14(18-9-11)20-6-4-10(5-7-20)15(21)19-12-2-1-3-12/h8-10,12H,1-7H2,(H,19,21). The normalized spacial score (nSPS) is 20.2. The first-order valence-electron chi connectivity index (χ1n) is 7.50. The van der Waals surface area contributed by atoms with Gasteiger partial charge in [-0.05, 0) is 54.1 Å². The topological polar surface area (TPSA) is 45.2 Å². The van der Waals surface area contributed by atoms with E-state index in [2.05, 4.69) is 26.2 Å². The molecule has 4 nitrogen and oxygen atoms in total. The molecule has 6 heteroatoms. The SMILES string of the molecule is O=C(NC1CCC1)C1CCN(c2ncc(Br)cc2F)CC1. The van der Waals surface area contributed by atoms with Crippen LogP contribution in [0.2, 0.25) is 0 Å². The summed E-state index contributed by atoms with van der Waals surface area (Å²) in [6.07, 6.45) is 6.56. The number of anilines is 1. The van der Waals surface area contributed by atoms with Crippen LogP contribution in [0.4, 0.5) is 10.2 Å². The lowest BCUT2D eigenvalue weighted by Gasteiger charge is -2.34. The molecule has 0 spiro atoms. The average Bonchev–Trinajstić information content (AvgIpc) is 2.43. The Morgan fingerprint density at radius 2 is 2.05 bits per heavy atom. The molecular weight excluding hydrogens is 337 g/mol. The molecule has 114 valence electrons. The molecule has 21 heavy (non-hydrogen) atoms. The first-order chi connectivity index (χ1) is 10.1. The molecule has 1 aliphatic carbocycles. The van der Waals surface area contributed by atoms with Gasteiger partial charge in [0.25, 0.3) is 0 Å². The zero-order valence-electron chi connectivity index (χ0n) is 11.8. The van der Waals surface area contributed by atoms with E-state index in [0.29, 0.717) is 29.4 Å². The number of aromatic nitrogens is 1. The Morgan fingerprint density at radius 1 is 1.33 bits per heavy atom. The highest BCUT2D eigenvalue weighted by atomic mass is 79.9. The number of pyridine rings is 1. The Labute approximate surface area is 132 Å². The number of amides is 1. The summed E-state index contributed by atoms with van der Waals surface area (Å²) in [7, 11) is 0. The summed E-state index contributed by atoms with van der Waals surface area (Å²) >= 11 is 3.21. The molecule has 2 heterocycles. The third-order valence-corrected chi connectivity index (χ3v) is 4.84. The van der Waals surface area contributed by atoms with E-state index in [1.165, 1.54) is 12.5 Å². The van der Waals surface area contributed by atoms with Gasteiger partial charge in [-0.1, -0.05) is 0 Å². The number of nitrogens with zero attached hydrogens (tertiary/aromatic N) is 2. The van der Waals surface area contributed by atoms with Crippen molar-refractivity contribution in [3.8, 4) is 0 Å². The molecule has 1 amide bonds. The number of halogens is 2. The van der Waals surface area contributed by atoms with E-state index in [4.69, 9.17) is 0 Å². The predicted molar refractivity (Wildman–Crippen MR) is 82.6 cm³/mol. The Bertz CT molecular complexity index is 528. The molecule has 2 fully saturated rings. The number of carbonyl (C=O) groups excluding carboxylic acids is 1. The van der Waals surface area contributed by atoms with Crippen LogP contribution in [0.1, 0.15) is 32.1 Å². The number of piperidine rings is 1. The summed E-state index contributed by atoms with van der Waals surface area (Å²) in [4.78, 5) is 18.2. The van der Waals surface area contributed by atoms with E-state index in [0.717, 1.165) is 25.7 Å². The maximum Gasteiger partial charge on any atom is 0.223 e. The van der Waals surface area contributed by atoms with Gasteiger partial charge >= 0.3 is 0 Å². The second kappa shape index (κ2) is 6.30. The lowest BCUT2D eigenvalue weighted by atomic mass is 9.90. The lowest BCUT2D eigenvalue weighted by molar-refractivity contribution is -0.126. The number of hydrogen-bond donors (Lipinski definition) is 1. The monoisotopic (exact) mass is 355 g/mol. The lowest BCUT2D eigenvalue weighted by Crippen LogP contribution is -2.46. The van der Waals surface area contributed by atoms with Gasteiger partial charge in [-0.25, -0.2) is 9.37 Å². The Kier molecular flexibility index (Phi) is 4.42. The number of rotatable bonds is 3. The minimum absolute atomic E-state index is 0.0559. The largest absolute Gasteiger partial charge is 0.354 e. The highest BCUT2D eigenvalue weighted by Crippen LogP contribution is 2.26. The van der Waals surface area contributed by atoms with E-state index < -0.39 is 0 Å². The van der Waals surface area contributed by atoms with Gasteiger partial charge in [-0.3, -0.25) is 4.79 Å². The van der Waals surface area contributed by atoms with Gasteiger partial charge in [0.1, 0.15) is 0 Å². The molecule has 1 saturated heterocycles. The quantitative estimate of drug-likeness (QED) is 0.906. The minimum atomic E-state index is -0.318. The van der Waals surface area contributed by atoms with Crippen LogP contribution in [0, 0.1) is 11.7 Å². The van der Waals surface area contributed by atoms with Crippen LogP contribution in [-0.2, 0) is 4.79 Å².